The number of fused-ring (bicyclic) bond motifs is 1. The zero-order chi connectivity index (χ0) is 25.2. The molecule has 3 aromatic carbocycles. The van der Waals surface area contributed by atoms with Gasteiger partial charge in [-0.05, 0) is 67.1 Å². The van der Waals surface area contributed by atoms with E-state index in [1.54, 1.807) is 36.4 Å². The SMILES string of the molecule is O=C(COC(=O)c1ccc(N2C(=O)[C@H]3CC[C@H](c4ccccc4)C[C@H]3C2=O)cc1)c1ccc(Br)cc1. The number of benzene rings is 3. The monoisotopic (exact) mass is 545 g/mol. The molecule has 36 heavy (non-hydrogen) atoms. The van der Waals surface area contributed by atoms with Gasteiger partial charge in [0.1, 0.15) is 0 Å². The summed E-state index contributed by atoms with van der Waals surface area (Å²) < 4.78 is 6.01. The van der Waals surface area contributed by atoms with Gasteiger partial charge >= 0.3 is 5.97 Å². The van der Waals surface area contributed by atoms with Crippen LogP contribution in [0.4, 0.5) is 5.69 Å². The van der Waals surface area contributed by atoms with Crippen LogP contribution in [0, 0.1) is 11.8 Å². The highest BCUT2D eigenvalue weighted by molar-refractivity contribution is 9.10. The largest absolute Gasteiger partial charge is 0.454 e. The summed E-state index contributed by atoms with van der Waals surface area (Å²) in [5.74, 6) is -1.67. The Labute approximate surface area is 217 Å². The van der Waals surface area contributed by atoms with E-state index in [4.69, 9.17) is 4.74 Å². The van der Waals surface area contributed by atoms with Crippen molar-refractivity contribution in [3.63, 3.8) is 0 Å². The molecule has 0 bridgehead atoms. The Morgan fingerprint density at radius 3 is 2.14 bits per heavy atom. The third-order valence-electron chi connectivity index (χ3n) is 7.06. The lowest BCUT2D eigenvalue weighted by Crippen LogP contribution is -2.30. The number of nitrogens with zero attached hydrogens (tertiary/aromatic N) is 1. The van der Waals surface area contributed by atoms with Gasteiger partial charge in [-0.1, -0.05) is 58.4 Å². The van der Waals surface area contributed by atoms with Crippen LogP contribution in [-0.2, 0) is 14.3 Å². The smallest absolute Gasteiger partial charge is 0.338 e. The number of rotatable bonds is 6. The summed E-state index contributed by atoms with van der Waals surface area (Å²) in [6.45, 7) is -0.378. The standard InChI is InChI=1S/C29H24BrNO5/c30-22-11-6-19(7-12-22)26(32)17-36-29(35)20-8-13-23(14-9-20)31-27(33)24-15-10-21(16-25(24)28(31)34)18-4-2-1-3-5-18/h1-9,11-14,21,24-25H,10,15-17H2/t21-,24-,25+/m0/s1. The number of amides is 2. The molecule has 1 saturated heterocycles. The quantitative estimate of drug-likeness (QED) is 0.230. The summed E-state index contributed by atoms with van der Waals surface area (Å²) in [5.41, 5.74) is 2.33. The molecule has 2 amide bonds. The van der Waals surface area contributed by atoms with Gasteiger partial charge in [0.25, 0.3) is 0 Å². The van der Waals surface area contributed by atoms with Crippen LogP contribution in [0.25, 0.3) is 0 Å². The molecule has 0 radical (unpaired) electrons. The Hall–Kier alpha value is -3.58. The van der Waals surface area contributed by atoms with Crippen molar-refractivity contribution < 1.29 is 23.9 Å². The average Bonchev–Trinajstić information content (AvgIpc) is 3.17. The molecule has 2 aliphatic rings. The summed E-state index contributed by atoms with van der Waals surface area (Å²) in [7, 11) is 0. The summed E-state index contributed by atoms with van der Waals surface area (Å²) in [6, 6.07) is 23.1. The van der Waals surface area contributed by atoms with Crippen molar-refractivity contribution in [2.45, 2.75) is 25.2 Å². The number of hydrogen-bond acceptors (Lipinski definition) is 5. The van der Waals surface area contributed by atoms with E-state index in [0.717, 1.165) is 10.9 Å². The normalized spacial score (nSPS) is 21.2. The third kappa shape index (κ3) is 4.75. The molecule has 2 fully saturated rings. The molecule has 7 heteroatoms. The van der Waals surface area contributed by atoms with Gasteiger partial charge in [0, 0.05) is 10.0 Å². The molecule has 3 aromatic rings. The Kier molecular flexibility index (Phi) is 6.83. The first kappa shape index (κ1) is 24.1. The molecule has 1 aliphatic heterocycles. The number of carbonyl (C=O) groups excluding carboxylic acids is 4. The highest BCUT2D eigenvalue weighted by atomic mass is 79.9. The molecule has 182 valence electrons. The molecule has 1 saturated carbocycles. The van der Waals surface area contributed by atoms with Crippen molar-refractivity contribution >= 4 is 45.2 Å². The van der Waals surface area contributed by atoms with Crippen LogP contribution in [0.5, 0.6) is 0 Å². The molecule has 0 unspecified atom stereocenters. The Bertz CT molecular complexity index is 1300. The Balaban J connectivity index is 1.23. The van der Waals surface area contributed by atoms with E-state index in [-0.39, 0.29) is 47.5 Å². The number of Topliss-reactive ketones (excluding diaryl/α,β-unsaturated/α-hetero) is 1. The van der Waals surface area contributed by atoms with Gasteiger partial charge in [0.15, 0.2) is 12.4 Å². The van der Waals surface area contributed by atoms with E-state index in [9.17, 15) is 19.2 Å². The van der Waals surface area contributed by atoms with Crippen LogP contribution < -0.4 is 4.90 Å². The van der Waals surface area contributed by atoms with Crippen molar-refractivity contribution in [3.8, 4) is 0 Å². The van der Waals surface area contributed by atoms with Gasteiger partial charge in [-0.3, -0.25) is 19.3 Å². The maximum atomic E-state index is 13.3. The van der Waals surface area contributed by atoms with Crippen molar-refractivity contribution in [1.29, 1.82) is 0 Å². The first-order valence-electron chi connectivity index (χ1n) is 11.9. The highest BCUT2D eigenvalue weighted by Crippen LogP contribution is 2.45. The van der Waals surface area contributed by atoms with Gasteiger partial charge in [0.05, 0.1) is 23.1 Å². The fraction of sp³-hybridized carbons (Fsp3) is 0.241. The van der Waals surface area contributed by atoms with E-state index in [1.807, 2.05) is 18.2 Å². The predicted molar refractivity (Wildman–Crippen MR) is 138 cm³/mol. The first-order valence-corrected chi connectivity index (χ1v) is 12.7. The van der Waals surface area contributed by atoms with Crippen LogP contribution in [0.1, 0.15) is 51.5 Å². The van der Waals surface area contributed by atoms with Crippen LogP contribution in [0.2, 0.25) is 0 Å². The van der Waals surface area contributed by atoms with Gasteiger partial charge < -0.3 is 4.74 Å². The van der Waals surface area contributed by atoms with Crippen LogP contribution >= 0.6 is 15.9 Å². The Morgan fingerprint density at radius 1 is 0.806 bits per heavy atom. The average molecular weight is 546 g/mol. The molecule has 1 heterocycles. The number of esters is 1. The minimum Gasteiger partial charge on any atom is -0.454 e. The van der Waals surface area contributed by atoms with Gasteiger partial charge in [-0.15, -0.1) is 0 Å². The van der Waals surface area contributed by atoms with Crippen molar-refractivity contribution in [2.75, 3.05) is 11.5 Å². The molecule has 1 aliphatic carbocycles. The maximum absolute atomic E-state index is 13.3. The lowest BCUT2D eigenvalue weighted by Gasteiger charge is -2.28. The molecule has 6 nitrogen and oxygen atoms in total. The lowest BCUT2D eigenvalue weighted by molar-refractivity contribution is -0.122. The zero-order valence-electron chi connectivity index (χ0n) is 19.4. The van der Waals surface area contributed by atoms with Gasteiger partial charge in [0.2, 0.25) is 11.8 Å². The summed E-state index contributed by atoms with van der Waals surface area (Å²) >= 11 is 3.31. The highest BCUT2D eigenvalue weighted by Gasteiger charge is 2.50. The van der Waals surface area contributed by atoms with Crippen LogP contribution in [0.3, 0.4) is 0 Å². The number of ether oxygens (including phenoxy) is 1. The van der Waals surface area contributed by atoms with E-state index in [2.05, 4.69) is 28.1 Å². The van der Waals surface area contributed by atoms with Crippen LogP contribution in [0.15, 0.2) is 83.3 Å². The minimum atomic E-state index is -0.648. The van der Waals surface area contributed by atoms with E-state index in [1.165, 1.54) is 22.6 Å². The summed E-state index contributed by atoms with van der Waals surface area (Å²) in [5, 5.41) is 0. The molecule has 0 N–H and O–H groups in total. The van der Waals surface area contributed by atoms with Crippen molar-refractivity contribution in [1.82, 2.24) is 0 Å². The third-order valence-corrected chi connectivity index (χ3v) is 7.59. The minimum absolute atomic E-state index is 0.174. The van der Waals surface area contributed by atoms with Gasteiger partial charge in [-0.2, -0.15) is 0 Å². The number of anilines is 1. The zero-order valence-corrected chi connectivity index (χ0v) is 21.0. The molecule has 3 atom stereocenters. The van der Waals surface area contributed by atoms with E-state index >= 15 is 0 Å². The molecule has 0 spiro atoms. The second-order valence-electron chi connectivity index (χ2n) is 9.20. The number of imide groups is 1. The molecule has 0 aromatic heterocycles. The topological polar surface area (TPSA) is 80.8 Å². The second-order valence-corrected chi connectivity index (χ2v) is 10.1. The molecule has 5 rings (SSSR count). The number of hydrogen-bond donors (Lipinski definition) is 0. The van der Waals surface area contributed by atoms with E-state index < -0.39 is 5.97 Å². The number of halogens is 1. The Morgan fingerprint density at radius 2 is 1.44 bits per heavy atom. The molecular formula is C29H24BrNO5. The van der Waals surface area contributed by atoms with Crippen LogP contribution in [-0.4, -0.2) is 30.2 Å². The van der Waals surface area contributed by atoms with E-state index in [0.29, 0.717) is 24.1 Å². The fourth-order valence-electron chi connectivity index (χ4n) is 5.14. The second kappa shape index (κ2) is 10.2. The van der Waals surface area contributed by atoms with Gasteiger partial charge in [-0.25, -0.2) is 4.79 Å². The lowest BCUT2D eigenvalue weighted by atomic mass is 9.73. The fourth-order valence-corrected chi connectivity index (χ4v) is 5.41. The number of ketones is 1. The first-order chi connectivity index (χ1) is 17.4. The number of carbonyl (C=O) groups is 4. The predicted octanol–water partition coefficient (Wildman–Crippen LogP) is 5.56. The van der Waals surface area contributed by atoms with Crippen molar-refractivity contribution in [2.24, 2.45) is 11.8 Å². The summed E-state index contributed by atoms with van der Waals surface area (Å²) in [6.07, 6.45) is 2.22. The summed E-state index contributed by atoms with van der Waals surface area (Å²) in [4.78, 5) is 52.3. The van der Waals surface area contributed by atoms with Crippen molar-refractivity contribution in [3.05, 3.63) is 100 Å². The maximum Gasteiger partial charge on any atom is 0.338 e. The molecular weight excluding hydrogens is 522 g/mol.